The highest BCUT2D eigenvalue weighted by Gasteiger charge is 2.47. The molecule has 0 atom stereocenters. The number of halogens is 3. The van der Waals surface area contributed by atoms with Gasteiger partial charge in [-0.3, -0.25) is 9.69 Å². The van der Waals surface area contributed by atoms with E-state index in [0.717, 1.165) is 48.5 Å². The standard InChI is InChI=1S/C31H28ClF2N3O3/c1-19-28(29(35-40-19)22-5-3-4-6-24(22)32)30(38)37-18-31(23-16-21(39-2)8-10-27(23)37)11-13-36(14-12-31)17-20-7-9-25(33)26(34)15-20/h3-10,15-16H,11-14,17-18H2,1-2H3. The van der Waals surface area contributed by atoms with Crippen LogP contribution in [0, 0.1) is 18.6 Å². The number of carbonyl (C=O) groups is 1. The van der Waals surface area contributed by atoms with E-state index < -0.39 is 11.6 Å². The van der Waals surface area contributed by atoms with Crippen molar-refractivity contribution in [2.75, 3.05) is 31.6 Å². The van der Waals surface area contributed by atoms with E-state index in [1.807, 2.05) is 41.3 Å². The van der Waals surface area contributed by atoms with Crippen molar-refractivity contribution in [3.05, 3.63) is 99.8 Å². The van der Waals surface area contributed by atoms with E-state index in [1.54, 1.807) is 26.2 Å². The highest BCUT2D eigenvalue weighted by atomic mass is 35.5. The van der Waals surface area contributed by atoms with Crippen molar-refractivity contribution in [1.29, 1.82) is 0 Å². The Morgan fingerprint density at radius 2 is 1.85 bits per heavy atom. The molecular weight excluding hydrogens is 536 g/mol. The molecule has 1 spiro atoms. The molecule has 0 bridgehead atoms. The predicted molar refractivity (Wildman–Crippen MR) is 149 cm³/mol. The van der Waals surface area contributed by atoms with Crippen molar-refractivity contribution in [3.63, 3.8) is 0 Å². The predicted octanol–water partition coefficient (Wildman–Crippen LogP) is 6.78. The van der Waals surface area contributed by atoms with E-state index in [0.29, 0.717) is 40.7 Å². The number of anilines is 1. The number of piperidine rings is 1. The fraction of sp³-hybridized carbons (Fsp3) is 0.290. The number of nitrogens with zero attached hydrogens (tertiary/aromatic N) is 3. The topological polar surface area (TPSA) is 58.8 Å². The van der Waals surface area contributed by atoms with Crippen LogP contribution < -0.4 is 9.64 Å². The van der Waals surface area contributed by atoms with Crippen molar-refractivity contribution in [2.24, 2.45) is 0 Å². The molecule has 6 rings (SSSR count). The molecule has 2 aliphatic heterocycles. The first kappa shape index (κ1) is 26.5. The van der Waals surface area contributed by atoms with Crippen LogP contribution in [0.2, 0.25) is 5.02 Å². The summed E-state index contributed by atoms with van der Waals surface area (Å²) in [6.07, 6.45) is 1.58. The van der Waals surface area contributed by atoms with Gasteiger partial charge in [-0.05, 0) is 80.4 Å². The molecule has 0 aliphatic carbocycles. The van der Waals surface area contributed by atoms with Crippen molar-refractivity contribution >= 4 is 23.2 Å². The van der Waals surface area contributed by atoms with Crippen LogP contribution >= 0.6 is 11.6 Å². The van der Waals surface area contributed by atoms with Gasteiger partial charge < -0.3 is 14.2 Å². The number of amides is 1. The first-order chi connectivity index (χ1) is 19.3. The van der Waals surface area contributed by atoms with Gasteiger partial charge in [-0.15, -0.1) is 0 Å². The fourth-order valence-electron chi connectivity index (χ4n) is 6.02. The first-order valence-electron chi connectivity index (χ1n) is 13.2. The molecule has 0 unspecified atom stereocenters. The number of likely N-dealkylation sites (tertiary alicyclic amines) is 1. The fourth-order valence-corrected chi connectivity index (χ4v) is 6.24. The van der Waals surface area contributed by atoms with Crippen LogP contribution in [0.15, 0.2) is 65.2 Å². The zero-order valence-electron chi connectivity index (χ0n) is 22.2. The summed E-state index contributed by atoms with van der Waals surface area (Å²) in [5.74, 6) is -0.714. The second-order valence-corrected chi connectivity index (χ2v) is 10.9. The minimum absolute atomic E-state index is 0.193. The molecular formula is C31H28ClF2N3O3. The zero-order chi connectivity index (χ0) is 28.0. The largest absolute Gasteiger partial charge is 0.497 e. The van der Waals surface area contributed by atoms with Gasteiger partial charge in [-0.1, -0.05) is 41.0 Å². The molecule has 9 heteroatoms. The summed E-state index contributed by atoms with van der Waals surface area (Å²) in [7, 11) is 1.63. The van der Waals surface area contributed by atoms with Gasteiger partial charge >= 0.3 is 0 Å². The molecule has 3 heterocycles. The lowest BCUT2D eigenvalue weighted by Gasteiger charge is -2.40. The molecule has 40 heavy (non-hydrogen) atoms. The number of fused-ring (bicyclic) bond motifs is 2. The third kappa shape index (κ3) is 4.55. The third-order valence-corrected chi connectivity index (χ3v) is 8.51. The van der Waals surface area contributed by atoms with Crippen molar-refractivity contribution in [2.45, 2.75) is 31.7 Å². The maximum Gasteiger partial charge on any atom is 0.264 e. The SMILES string of the molecule is COc1ccc2c(c1)C1(CCN(Cc3ccc(F)c(F)c3)CC1)CN2C(=O)c1c(-c2ccccc2Cl)noc1C. The number of hydrogen-bond acceptors (Lipinski definition) is 5. The summed E-state index contributed by atoms with van der Waals surface area (Å²) in [6.45, 7) is 4.25. The minimum Gasteiger partial charge on any atom is -0.497 e. The van der Waals surface area contributed by atoms with Crippen molar-refractivity contribution in [1.82, 2.24) is 10.1 Å². The van der Waals surface area contributed by atoms with Crippen LogP contribution in [-0.4, -0.2) is 42.7 Å². The Kier molecular flexibility index (Phi) is 6.84. The first-order valence-corrected chi connectivity index (χ1v) is 13.6. The molecule has 1 aromatic heterocycles. The van der Waals surface area contributed by atoms with Crippen LogP contribution in [0.3, 0.4) is 0 Å². The Balaban J connectivity index is 1.30. The number of rotatable bonds is 5. The molecule has 3 aromatic carbocycles. The van der Waals surface area contributed by atoms with Gasteiger partial charge in [0.2, 0.25) is 0 Å². The molecule has 0 radical (unpaired) electrons. The van der Waals surface area contributed by atoms with Gasteiger partial charge in [0.05, 0.1) is 12.1 Å². The minimum atomic E-state index is -0.844. The average Bonchev–Trinajstić information content (AvgIpc) is 3.49. The summed E-state index contributed by atoms with van der Waals surface area (Å²) >= 11 is 6.46. The normalized spacial score (nSPS) is 16.4. The Hall–Kier alpha value is -3.75. The number of hydrogen-bond donors (Lipinski definition) is 0. The van der Waals surface area contributed by atoms with E-state index in [1.165, 1.54) is 12.1 Å². The second-order valence-electron chi connectivity index (χ2n) is 10.5. The molecule has 0 saturated carbocycles. The van der Waals surface area contributed by atoms with Crippen molar-refractivity contribution < 1.29 is 22.8 Å². The monoisotopic (exact) mass is 563 g/mol. The Bertz CT molecular complexity index is 1600. The summed E-state index contributed by atoms with van der Waals surface area (Å²) in [4.78, 5) is 18.3. The van der Waals surface area contributed by atoms with Gasteiger partial charge in [-0.2, -0.15) is 0 Å². The van der Waals surface area contributed by atoms with E-state index in [9.17, 15) is 13.6 Å². The molecule has 2 aliphatic rings. The van der Waals surface area contributed by atoms with E-state index in [4.69, 9.17) is 20.9 Å². The van der Waals surface area contributed by atoms with E-state index in [-0.39, 0.29) is 11.3 Å². The van der Waals surface area contributed by atoms with Gasteiger partial charge in [0.1, 0.15) is 22.8 Å². The number of ether oxygens (including phenoxy) is 1. The second kappa shape index (κ2) is 10.3. The lowest BCUT2D eigenvalue weighted by atomic mass is 9.74. The highest BCUT2D eigenvalue weighted by Crippen LogP contribution is 2.49. The van der Waals surface area contributed by atoms with Gasteiger partial charge in [0.25, 0.3) is 5.91 Å². The number of benzene rings is 3. The molecule has 1 fully saturated rings. The summed E-state index contributed by atoms with van der Waals surface area (Å²) in [5.41, 5.74) is 3.81. The lowest BCUT2D eigenvalue weighted by Crippen LogP contribution is -2.45. The number of carbonyl (C=O) groups excluding carboxylic acids is 1. The van der Waals surface area contributed by atoms with Crippen LogP contribution in [0.4, 0.5) is 14.5 Å². The average molecular weight is 564 g/mol. The summed E-state index contributed by atoms with van der Waals surface area (Å²) in [6, 6.07) is 17.1. The van der Waals surface area contributed by atoms with Crippen LogP contribution in [-0.2, 0) is 12.0 Å². The lowest BCUT2D eigenvalue weighted by molar-refractivity contribution is 0.0974. The zero-order valence-corrected chi connectivity index (χ0v) is 23.0. The maximum absolute atomic E-state index is 14.2. The van der Waals surface area contributed by atoms with Crippen molar-refractivity contribution in [3.8, 4) is 17.0 Å². The Morgan fingerprint density at radius 3 is 2.58 bits per heavy atom. The maximum atomic E-state index is 14.2. The molecule has 4 aromatic rings. The number of aromatic nitrogens is 1. The van der Waals surface area contributed by atoms with Crippen LogP contribution in [0.1, 0.15) is 40.1 Å². The quantitative estimate of drug-likeness (QED) is 0.268. The van der Waals surface area contributed by atoms with Crippen LogP contribution in [0.5, 0.6) is 5.75 Å². The summed E-state index contributed by atoms with van der Waals surface area (Å²) in [5, 5.41) is 4.69. The van der Waals surface area contributed by atoms with Crippen LogP contribution in [0.25, 0.3) is 11.3 Å². The molecule has 6 nitrogen and oxygen atoms in total. The molecule has 1 saturated heterocycles. The van der Waals surface area contributed by atoms with Gasteiger partial charge in [0, 0.05) is 29.8 Å². The molecule has 0 N–H and O–H groups in total. The summed E-state index contributed by atoms with van der Waals surface area (Å²) < 4.78 is 38.2. The third-order valence-electron chi connectivity index (χ3n) is 8.18. The molecule has 206 valence electrons. The Labute approximate surface area is 236 Å². The van der Waals surface area contributed by atoms with E-state index in [2.05, 4.69) is 10.1 Å². The van der Waals surface area contributed by atoms with Gasteiger partial charge in [0.15, 0.2) is 11.6 Å². The smallest absolute Gasteiger partial charge is 0.264 e. The molecule has 1 amide bonds. The number of aryl methyl sites for hydroxylation is 1. The number of methoxy groups -OCH3 is 1. The Morgan fingerprint density at radius 1 is 1.07 bits per heavy atom. The van der Waals surface area contributed by atoms with E-state index >= 15 is 0 Å². The van der Waals surface area contributed by atoms with Gasteiger partial charge in [-0.25, -0.2) is 8.78 Å². The highest BCUT2D eigenvalue weighted by molar-refractivity contribution is 6.33.